The Balaban J connectivity index is 2.11. The molecule has 0 aromatic carbocycles. The number of rotatable bonds is 2. The molecule has 0 atom stereocenters. The fourth-order valence-corrected chi connectivity index (χ4v) is 1.84. The second-order valence-corrected chi connectivity index (χ2v) is 3.40. The van der Waals surface area contributed by atoms with Crippen LogP contribution in [0.15, 0.2) is 10.6 Å². The van der Waals surface area contributed by atoms with Crippen LogP contribution in [0.1, 0.15) is 43.1 Å². The molecule has 1 heterocycles. The molecule has 66 valence electrons. The SMILES string of the molecule is NCc1cc(C2CCCC2)no1. The third-order valence-corrected chi connectivity index (χ3v) is 2.55. The van der Waals surface area contributed by atoms with Gasteiger partial charge in [-0.1, -0.05) is 18.0 Å². The molecule has 1 aliphatic carbocycles. The maximum absolute atomic E-state index is 5.43. The summed E-state index contributed by atoms with van der Waals surface area (Å²) in [6.07, 6.45) is 5.18. The molecule has 1 saturated carbocycles. The van der Waals surface area contributed by atoms with E-state index >= 15 is 0 Å². The van der Waals surface area contributed by atoms with Gasteiger partial charge in [-0.3, -0.25) is 0 Å². The molecule has 0 unspecified atom stereocenters. The van der Waals surface area contributed by atoms with Crippen LogP contribution in [0.2, 0.25) is 0 Å². The van der Waals surface area contributed by atoms with Crippen molar-refractivity contribution >= 4 is 0 Å². The molecule has 2 N–H and O–H groups in total. The Morgan fingerprint density at radius 2 is 2.25 bits per heavy atom. The third-order valence-electron chi connectivity index (χ3n) is 2.55. The Bertz CT molecular complexity index is 251. The lowest BCUT2D eigenvalue weighted by Gasteiger charge is -2.00. The van der Waals surface area contributed by atoms with Crippen LogP contribution in [0.25, 0.3) is 0 Å². The van der Waals surface area contributed by atoms with E-state index in [1.165, 1.54) is 25.7 Å². The quantitative estimate of drug-likeness (QED) is 0.728. The van der Waals surface area contributed by atoms with Crippen molar-refractivity contribution in [3.63, 3.8) is 0 Å². The van der Waals surface area contributed by atoms with Crippen molar-refractivity contribution in [3.8, 4) is 0 Å². The minimum Gasteiger partial charge on any atom is -0.360 e. The molecule has 1 fully saturated rings. The van der Waals surface area contributed by atoms with Gasteiger partial charge in [0.2, 0.25) is 0 Å². The average Bonchev–Trinajstić information content (AvgIpc) is 2.75. The monoisotopic (exact) mass is 166 g/mol. The van der Waals surface area contributed by atoms with Crippen molar-refractivity contribution in [2.24, 2.45) is 5.73 Å². The van der Waals surface area contributed by atoms with E-state index in [0.717, 1.165) is 11.5 Å². The molecular formula is C9H14N2O. The van der Waals surface area contributed by atoms with Crippen LogP contribution in [-0.2, 0) is 6.54 Å². The summed E-state index contributed by atoms with van der Waals surface area (Å²) in [5.41, 5.74) is 6.53. The van der Waals surface area contributed by atoms with Crippen molar-refractivity contribution in [2.75, 3.05) is 0 Å². The molecule has 1 aromatic heterocycles. The molecule has 0 spiro atoms. The summed E-state index contributed by atoms with van der Waals surface area (Å²) in [5, 5.41) is 4.01. The Morgan fingerprint density at radius 1 is 1.50 bits per heavy atom. The van der Waals surface area contributed by atoms with Crippen molar-refractivity contribution in [2.45, 2.75) is 38.1 Å². The highest BCUT2D eigenvalue weighted by Crippen LogP contribution is 2.33. The summed E-state index contributed by atoms with van der Waals surface area (Å²) >= 11 is 0. The van der Waals surface area contributed by atoms with Crippen molar-refractivity contribution in [3.05, 3.63) is 17.5 Å². The first-order valence-electron chi connectivity index (χ1n) is 4.55. The van der Waals surface area contributed by atoms with Crippen molar-refractivity contribution in [1.29, 1.82) is 0 Å². The lowest BCUT2D eigenvalue weighted by molar-refractivity contribution is 0.374. The number of aromatic nitrogens is 1. The molecule has 0 saturated heterocycles. The van der Waals surface area contributed by atoms with Crippen LogP contribution in [0.3, 0.4) is 0 Å². The van der Waals surface area contributed by atoms with Crippen LogP contribution < -0.4 is 5.73 Å². The zero-order valence-electron chi connectivity index (χ0n) is 7.12. The van der Waals surface area contributed by atoms with Gasteiger partial charge in [0.15, 0.2) is 5.76 Å². The number of nitrogens with zero attached hydrogens (tertiary/aromatic N) is 1. The Morgan fingerprint density at radius 3 is 2.83 bits per heavy atom. The van der Waals surface area contributed by atoms with E-state index in [1.807, 2.05) is 6.07 Å². The number of nitrogens with two attached hydrogens (primary N) is 1. The lowest BCUT2D eigenvalue weighted by Crippen LogP contribution is -1.93. The average molecular weight is 166 g/mol. The van der Waals surface area contributed by atoms with Crippen molar-refractivity contribution in [1.82, 2.24) is 5.16 Å². The number of hydrogen-bond acceptors (Lipinski definition) is 3. The van der Waals surface area contributed by atoms with E-state index in [-0.39, 0.29) is 0 Å². The molecule has 0 aliphatic heterocycles. The highest BCUT2D eigenvalue weighted by molar-refractivity contribution is 5.11. The topological polar surface area (TPSA) is 52.0 Å². The van der Waals surface area contributed by atoms with Gasteiger partial charge in [0.1, 0.15) is 0 Å². The van der Waals surface area contributed by atoms with E-state index in [4.69, 9.17) is 10.3 Å². The second kappa shape index (κ2) is 3.27. The maximum Gasteiger partial charge on any atom is 0.150 e. The normalized spacial score (nSPS) is 18.8. The highest BCUT2D eigenvalue weighted by atomic mass is 16.5. The summed E-state index contributed by atoms with van der Waals surface area (Å²) in [6.45, 7) is 0.458. The van der Waals surface area contributed by atoms with Crippen LogP contribution in [0, 0.1) is 0 Å². The van der Waals surface area contributed by atoms with E-state index in [1.54, 1.807) is 0 Å². The predicted octanol–water partition coefficient (Wildman–Crippen LogP) is 1.79. The smallest absolute Gasteiger partial charge is 0.150 e. The maximum atomic E-state index is 5.43. The standard InChI is InChI=1S/C9H14N2O/c10-6-8-5-9(11-12-8)7-3-1-2-4-7/h5,7H,1-4,6,10H2. The van der Waals surface area contributed by atoms with Crippen LogP contribution in [-0.4, -0.2) is 5.16 Å². The highest BCUT2D eigenvalue weighted by Gasteiger charge is 2.20. The van der Waals surface area contributed by atoms with E-state index in [0.29, 0.717) is 12.5 Å². The fourth-order valence-electron chi connectivity index (χ4n) is 1.84. The van der Waals surface area contributed by atoms with Gasteiger partial charge in [-0.2, -0.15) is 0 Å². The molecule has 3 nitrogen and oxygen atoms in total. The Hall–Kier alpha value is -0.830. The summed E-state index contributed by atoms with van der Waals surface area (Å²) in [4.78, 5) is 0. The zero-order valence-corrected chi connectivity index (χ0v) is 7.12. The van der Waals surface area contributed by atoms with Gasteiger partial charge in [0.05, 0.1) is 12.2 Å². The predicted molar refractivity (Wildman–Crippen MR) is 45.6 cm³/mol. The van der Waals surface area contributed by atoms with Crippen LogP contribution >= 0.6 is 0 Å². The van der Waals surface area contributed by atoms with E-state index < -0.39 is 0 Å². The van der Waals surface area contributed by atoms with Gasteiger partial charge in [0, 0.05) is 12.0 Å². The first kappa shape index (κ1) is 7.80. The third kappa shape index (κ3) is 1.37. The molecular weight excluding hydrogens is 152 g/mol. The number of hydrogen-bond donors (Lipinski definition) is 1. The largest absolute Gasteiger partial charge is 0.360 e. The van der Waals surface area contributed by atoms with Gasteiger partial charge in [-0.05, 0) is 12.8 Å². The minimum atomic E-state index is 0.458. The first-order valence-corrected chi connectivity index (χ1v) is 4.55. The molecule has 3 heteroatoms. The lowest BCUT2D eigenvalue weighted by atomic mass is 10.0. The Kier molecular flexibility index (Phi) is 2.13. The summed E-state index contributed by atoms with van der Waals surface area (Å²) in [5.74, 6) is 1.44. The van der Waals surface area contributed by atoms with Crippen LogP contribution in [0.4, 0.5) is 0 Å². The summed E-state index contributed by atoms with van der Waals surface area (Å²) in [6, 6.07) is 2.00. The first-order chi connectivity index (χ1) is 5.90. The van der Waals surface area contributed by atoms with Gasteiger partial charge in [-0.25, -0.2) is 0 Å². The van der Waals surface area contributed by atoms with Gasteiger partial charge in [-0.15, -0.1) is 0 Å². The molecule has 2 rings (SSSR count). The molecule has 0 radical (unpaired) electrons. The van der Waals surface area contributed by atoms with Gasteiger partial charge < -0.3 is 10.3 Å². The molecule has 0 amide bonds. The van der Waals surface area contributed by atoms with E-state index in [9.17, 15) is 0 Å². The van der Waals surface area contributed by atoms with E-state index in [2.05, 4.69) is 5.16 Å². The summed E-state index contributed by atoms with van der Waals surface area (Å²) in [7, 11) is 0. The molecule has 0 bridgehead atoms. The molecule has 12 heavy (non-hydrogen) atoms. The zero-order chi connectivity index (χ0) is 8.39. The molecule has 1 aliphatic rings. The van der Waals surface area contributed by atoms with Crippen LogP contribution in [0.5, 0.6) is 0 Å². The van der Waals surface area contributed by atoms with Crippen molar-refractivity contribution < 1.29 is 4.52 Å². The second-order valence-electron chi connectivity index (χ2n) is 3.40. The Labute approximate surface area is 71.9 Å². The minimum absolute atomic E-state index is 0.458. The van der Waals surface area contributed by atoms with Gasteiger partial charge >= 0.3 is 0 Å². The summed E-state index contributed by atoms with van der Waals surface area (Å²) < 4.78 is 5.05. The molecule has 1 aromatic rings. The van der Waals surface area contributed by atoms with Gasteiger partial charge in [0.25, 0.3) is 0 Å². The fraction of sp³-hybridized carbons (Fsp3) is 0.667.